The summed E-state index contributed by atoms with van der Waals surface area (Å²) < 4.78 is 2.80. The summed E-state index contributed by atoms with van der Waals surface area (Å²) in [6, 6.07) is 2.17. The average molecular weight is 286 g/mol. The topological polar surface area (TPSA) is 63.1 Å². The Morgan fingerprint density at radius 2 is 2.12 bits per heavy atom. The van der Waals surface area contributed by atoms with E-state index in [0.717, 1.165) is 17.3 Å². The second-order valence-corrected chi connectivity index (χ2v) is 4.73. The van der Waals surface area contributed by atoms with E-state index in [4.69, 9.17) is 0 Å². The lowest BCUT2D eigenvalue weighted by Gasteiger charge is -2.08. The Hall–Kier alpha value is -1.30. The van der Waals surface area contributed by atoms with Crippen molar-refractivity contribution in [3.05, 3.63) is 22.4 Å². The number of carbonyl (C=O) groups is 2. The normalized spacial score (nSPS) is 14.6. The first-order chi connectivity index (χ1) is 7.58. The van der Waals surface area contributed by atoms with Gasteiger partial charge in [0.25, 0.3) is 5.91 Å². The van der Waals surface area contributed by atoms with Crippen molar-refractivity contribution in [1.82, 2.24) is 15.4 Å². The zero-order valence-corrected chi connectivity index (χ0v) is 10.4. The molecule has 1 aliphatic carbocycles. The zero-order chi connectivity index (χ0) is 11.7. The molecule has 2 N–H and O–H groups in total. The van der Waals surface area contributed by atoms with Crippen LogP contribution in [0, 0.1) is 0 Å². The second-order valence-electron chi connectivity index (χ2n) is 3.82. The molecule has 0 radical (unpaired) electrons. The highest BCUT2D eigenvalue weighted by atomic mass is 79.9. The summed E-state index contributed by atoms with van der Waals surface area (Å²) in [5.41, 5.74) is 5.19. The average Bonchev–Trinajstić information content (AvgIpc) is 2.98. The first kappa shape index (κ1) is 11.2. The first-order valence-corrected chi connectivity index (χ1v) is 5.81. The standard InChI is InChI=1S/C10H12BrN3O2/c1-6(15)12-13-10(16)9-4-7(11)5-14(9)8-2-3-8/h4-5,8H,2-3H2,1H3,(H,12,15)(H,13,16). The fraction of sp³-hybridized carbons (Fsp3) is 0.400. The molecule has 0 bridgehead atoms. The molecule has 1 heterocycles. The summed E-state index contributed by atoms with van der Waals surface area (Å²) in [6.45, 7) is 1.34. The maximum Gasteiger partial charge on any atom is 0.286 e. The van der Waals surface area contributed by atoms with Gasteiger partial charge in [-0.05, 0) is 34.8 Å². The molecule has 16 heavy (non-hydrogen) atoms. The quantitative estimate of drug-likeness (QED) is 0.806. The molecule has 1 aromatic rings. The Morgan fingerprint density at radius 3 is 2.69 bits per heavy atom. The summed E-state index contributed by atoms with van der Waals surface area (Å²) in [6.07, 6.45) is 4.09. The monoisotopic (exact) mass is 285 g/mol. The van der Waals surface area contributed by atoms with Gasteiger partial charge in [0.1, 0.15) is 5.69 Å². The van der Waals surface area contributed by atoms with Crippen LogP contribution in [0.1, 0.15) is 36.3 Å². The van der Waals surface area contributed by atoms with E-state index in [1.165, 1.54) is 6.92 Å². The van der Waals surface area contributed by atoms with Crippen LogP contribution >= 0.6 is 15.9 Å². The lowest BCUT2D eigenvalue weighted by Crippen LogP contribution is -2.41. The number of hydrazine groups is 1. The molecule has 0 unspecified atom stereocenters. The molecule has 5 nitrogen and oxygen atoms in total. The van der Waals surface area contributed by atoms with E-state index in [-0.39, 0.29) is 11.8 Å². The maximum atomic E-state index is 11.7. The van der Waals surface area contributed by atoms with Gasteiger partial charge in [0.2, 0.25) is 5.91 Å². The fourth-order valence-electron chi connectivity index (χ4n) is 1.49. The molecule has 1 fully saturated rings. The van der Waals surface area contributed by atoms with Crippen molar-refractivity contribution in [3.63, 3.8) is 0 Å². The number of nitrogens with zero attached hydrogens (tertiary/aromatic N) is 1. The lowest BCUT2D eigenvalue weighted by atomic mass is 10.4. The number of hydrogen-bond donors (Lipinski definition) is 2. The third-order valence-corrected chi connectivity index (χ3v) is 2.77. The van der Waals surface area contributed by atoms with Crippen molar-refractivity contribution < 1.29 is 9.59 Å². The van der Waals surface area contributed by atoms with Crippen molar-refractivity contribution in [2.75, 3.05) is 0 Å². The van der Waals surface area contributed by atoms with Crippen LogP contribution in [0.4, 0.5) is 0 Å². The summed E-state index contributed by atoms with van der Waals surface area (Å²) in [5, 5.41) is 0. The van der Waals surface area contributed by atoms with Gasteiger partial charge in [-0.3, -0.25) is 20.4 Å². The van der Waals surface area contributed by atoms with Gasteiger partial charge < -0.3 is 4.57 Å². The minimum Gasteiger partial charge on any atom is -0.339 e. The number of aromatic nitrogens is 1. The van der Waals surface area contributed by atoms with Gasteiger partial charge in [-0.2, -0.15) is 0 Å². The molecule has 1 aromatic heterocycles. The van der Waals surface area contributed by atoms with Gasteiger partial charge in [0, 0.05) is 23.6 Å². The minimum absolute atomic E-state index is 0.294. The molecular weight excluding hydrogens is 274 g/mol. The van der Waals surface area contributed by atoms with Crippen molar-refractivity contribution in [2.24, 2.45) is 0 Å². The molecular formula is C10H12BrN3O2. The third kappa shape index (κ3) is 2.44. The maximum absolute atomic E-state index is 11.7. The Kier molecular flexibility index (Phi) is 3.00. The Balaban J connectivity index is 2.12. The molecule has 0 aromatic carbocycles. The summed E-state index contributed by atoms with van der Waals surface area (Å²) in [4.78, 5) is 22.4. The van der Waals surface area contributed by atoms with Crippen LogP contribution in [0.5, 0.6) is 0 Å². The largest absolute Gasteiger partial charge is 0.339 e. The number of rotatable bonds is 2. The highest BCUT2D eigenvalue weighted by molar-refractivity contribution is 9.10. The van der Waals surface area contributed by atoms with Gasteiger partial charge in [0.15, 0.2) is 0 Å². The number of carbonyl (C=O) groups excluding carboxylic acids is 2. The fourth-order valence-corrected chi connectivity index (χ4v) is 1.93. The van der Waals surface area contributed by atoms with Crippen molar-refractivity contribution >= 4 is 27.7 Å². The van der Waals surface area contributed by atoms with E-state index in [1.807, 2.05) is 10.8 Å². The van der Waals surface area contributed by atoms with E-state index in [9.17, 15) is 9.59 Å². The highest BCUT2D eigenvalue weighted by Gasteiger charge is 2.27. The predicted octanol–water partition coefficient (Wildman–Crippen LogP) is 1.37. The Bertz CT molecular complexity index is 437. The number of hydrogen-bond acceptors (Lipinski definition) is 2. The van der Waals surface area contributed by atoms with Gasteiger partial charge in [0.05, 0.1) is 0 Å². The summed E-state index contributed by atoms with van der Waals surface area (Å²) in [5.74, 6) is -0.593. The van der Waals surface area contributed by atoms with Crippen LogP contribution in [0.2, 0.25) is 0 Å². The van der Waals surface area contributed by atoms with Crippen LogP contribution < -0.4 is 10.9 Å². The lowest BCUT2D eigenvalue weighted by molar-refractivity contribution is -0.119. The van der Waals surface area contributed by atoms with E-state index in [1.54, 1.807) is 6.07 Å². The zero-order valence-electron chi connectivity index (χ0n) is 8.79. The predicted molar refractivity (Wildman–Crippen MR) is 61.7 cm³/mol. The second kappa shape index (κ2) is 4.29. The molecule has 6 heteroatoms. The van der Waals surface area contributed by atoms with Crippen molar-refractivity contribution in [2.45, 2.75) is 25.8 Å². The van der Waals surface area contributed by atoms with Gasteiger partial charge in [-0.15, -0.1) is 0 Å². The smallest absolute Gasteiger partial charge is 0.286 e. The van der Waals surface area contributed by atoms with Crippen LogP contribution in [0.15, 0.2) is 16.7 Å². The molecule has 86 valence electrons. The molecule has 0 saturated heterocycles. The molecule has 1 saturated carbocycles. The van der Waals surface area contributed by atoms with Crippen molar-refractivity contribution in [3.8, 4) is 0 Å². The van der Waals surface area contributed by atoms with Crippen LogP contribution in [-0.4, -0.2) is 16.4 Å². The SMILES string of the molecule is CC(=O)NNC(=O)c1cc(Br)cn1C1CC1. The van der Waals surface area contributed by atoms with Crippen LogP contribution in [0.25, 0.3) is 0 Å². The highest BCUT2D eigenvalue weighted by Crippen LogP contribution is 2.37. The first-order valence-electron chi connectivity index (χ1n) is 5.02. The molecule has 2 amide bonds. The molecule has 2 rings (SSSR count). The Labute approximate surface area is 101 Å². The van der Waals surface area contributed by atoms with Crippen LogP contribution in [0.3, 0.4) is 0 Å². The molecule has 1 aliphatic rings. The summed E-state index contributed by atoms with van der Waals surface area (Å²) >= 11 is 3.34. The molecule has 0 atom stereocenters. The summed E-state index contributed by atoms with van der Waals surface area (Å²) in [7, 11) is 0. The minimum atomic E-state index is -0.298. The number of amides is 2. The van der Waals surface area contributed by atoms with E-state index in [2.05, 4.69) is 26.8 Å². The van der Waals surface area contributed by atoms with E-state index < -0.39 is 0 Å². The van der Waals surface area contributed by atoms with Crippen LogP contribution in [-0.2, 0) is 4.79 Å². The van der Waals surface area contributed by atoms with Gasteiger partial charge >= 0.3 is 0 Å². The van der Waals surface area contributed by atoms with Crippen molar-refractivity contribution in [1.29, 1.82) is 0 Å². The van der Waals surface area contributed by atoms with Gasteiger partial charge in [-0.1, -0.05) is 0 Å². The molecule has 0 aliphatic heterocycles. The molecule has 0 spiro atoms. The third-order valence-electron chi connectivity index (χ3n) is 2.34. The number of nitrogens with one attached hydrogen (secondary N) is 2. The Morgan fingerprint density at radius 1 is 1.44 bits per heavy atom. The number of halogens is 1. The van der Waals surface area contributed by atoms with E-state index >= 15 is 0 Å². The van der Waals surface area contributed by atoms with E-state index in [0.29, 0.717) is 11.7 Å². The van der Waals surface area contributed by atoms with Gasteiger partial charge in [-0.25, -0.2) is 0 Å².